The molecule has 2 bridgehead atoms. The van der Waals surface area contributed by atoms with Crippen molar-refractivity contribution in [1.29, 1.82) is 0 Å². The molecule has 2 fully saturated rings. The van der Waals surface area contributed by atoms with Crippen LogP contribution in [0.25, 0.3) is 0 Å². The van der Waals surface area contributed by atoms with Crippen LogP contribution in [0.1, 0.15) is 29.3 Å². The van der Waals surface area contributed by atoms with E-state index in [9.17, 15) is 19.2 Å². The number of benzene rings is 2. The van der Waals surface area contributed by atoms with Gasteiger partial charge in [-0.1, -0.05) is 41.1 Å². The molecule has 1 saturated carbocycles. The molecule has 0 radical (unpaired) electrons. The second kappa shape index (κ2) is 8.83. The van der Waals surface area contributed by atoms with Crippen LogP contribution in [0, 0.1) is 23.7 Å². The summed E-state index contributed by atoms with van der Waals surface area (Å²) in [6, 6.07) is 11.8. The number of esters is 1. The highest BCUT2D eigenvalue weighted by Crippen LogP contribution is 2.53. The van der Waals surface area contributed by atoms with Crippen molar-refractivity contribution >= 4 is 51.0 Å². The van der Waals surface area contributed by atoms with Gasteiger partial charge in [-0.05, 0) is 66.6 Å². The van der Waals surface area contributed by atoms with Crippen LogP contribution >= 0.6 is 15.9 Å². The zero-order chi connectivity index (χ0) is 24.0. The number of amides is 3. The van der Waals surface area contributed by atoms with E-state index in [2.05, 4.69) is 21.2 Å². The van der Waals surface area contributed by atoms with Crippen molar-refractivity contribution < 1.29 is 23.9 Å². The van der Waals surface area contributed by atoms with Crippen molar-refractivity contribution in [3.8, 4) is 0 Å². The largest absolute Gasteiger partial charge is 0.452 e. The molecule has 2 aromatic carbocycles. The first-order chi connectivity index (χ1) is 16.4. The van der Waals surface area contributed by atoms with Gasteiger partial charge in [-0.25, -0.2) is 9.69 Å². The zero-order valence-electron chi connectivity index (χ0n) is 18.5. The quantitative estimate of drug-likeness (QED) is 0.350. The smallest absolute Gasteiger partial charge is 0.338 e. The third kappa shape index (κ3) is 3.86. The molecular formula is C26H23BrN2O5. The minimum Gasteiger partial charge on any atom is -0.452 e. The lowest BCUT2D eigenvalue weighted by Crippen LogP contribution is -2.33. The van der Waals surface area contributed by atoms with Crippen molar-refractivity contribution in [2.45, 2.75) is 19.8 Å². The molecular weight excluding hydrogens is 500 g/mol. The number of aryl methyl sites for hydroxylation is 1. The van der Waals surface area contributed by atoms with Gasteiger partial charge in [0.2, 0.25) is 11.8 Å². The van der Waals surface area contributed by atoms with Gasteiger partial charge in [0.1, 0.15) is 0 Å². The first-order valence-electron chi connectivity index (χ1n) is 11.3. The third-order valence-corrected chi connectivity index (χ3v) is 7.36. The predicted octanol–water partition coefficient (Wildman–Crippen LogP) is 4.12. The van der Waals surface area contributed by atoms with Gasteiger partial charge >= 0.3 is 5.97 Å². The van der Waals surface area contributed by atoms with Gasteiger partial charge in [0.05, 0.1) is 23.1 Å². The van der Waals surface area contributed by atoms with Crippen molar-refractivity contribution in [3.05, 3.63) is 70.2 Å². The Morgan fingerprint density at radius 2 is 1.76 bits per heavy atom. The highest BCUT2D eigenvalue weighted by atomic mass is 79.9. The summed E-state index contributed by atoms with van der Waals surface area (Å²) in [5.41, 5.74) is 2.14. The minimum atomic E-state index is -0.704. The molecule has 1 N–H and O–H groups in total. The molecule has 34 heavy (non-hydrogen) atoms. The molecule has 4 atom stereocenters. The van der Waals surface area contributed by atoms with E-state index < -0.39 is 18.5 Å². The Labute approximate surface area is 205 Å². The van der Waals surface area contributed by atoms with E-state index in [-0.39, 0.29) is 41.0 Å². The molecule has 1 heterocycles. The van der Waals surface area contributed by atoms with Gasteiger partial charge in [0.25, 0.3) is 5.91 Å². The lowest BCUT2D eigenvalue weighted by Gasteiger charge is -2.18. The molecule has 5 rings (SSSR count). The molecule has 7 nitrogen and oxygen atoms in total. The number of hydrogen-bond acceptors (Lipinski definition) is 5. The van der Waals surface area contributed by atoms with Crippen LogP contribution in [-0.2, 0) is 25.5 Å². The summed E-state index contributed by atoms with van der Waals surface area (Å²) in [5.74, 6) is -1.98. The average Bonchev–Trinajstić information content (AvgIpc) is 3.52. The van der Waals surface area contributed by atoms with Gasteiger partial charge in [-0.3, -0.25) is 14.4 Å². The minimum absolute atomic E-state index is 0.113. The summed E-state index contributed by atoms with van der Waals surface area (Å²) in [5, 5.41) is 2.76. The number of imide groups is 1. The van der Waals surface area contributed by atoms with Crippen LogP contribution < -0.4 is 10.2 Å². The van der Waals surface area contributed by atoms with E-state index in [1.54, 1.807) is 18.2 Å². The number of fused-ring (bicyclic) bond motifs is 5. The van der Waals surface area contributed by atoms with E-state index in [1.165, 1.54) is 17.0 Å². The summed E-state index contributed by atoms with van der Waals surface area (Å²) in [6.07, 6.45) is 5.66. The Morgan fingerprint density at radius 3 is 2.44 bits per heavy atom. The third-order valence-electron chi connectivity index (χ3n) is 6.87. The maximum absolute atomic E-state index is 13.0. The van der Waals surface area contributed by atoms with Crippen molar-refractivity contribution in [3.63, 3.8) is 0 Å². The molecule has 0 aromatic heterocycles. The SMILES string of the molecule is CCc1cc(Br)ccc1NC(=O)COC(=O)c1cccc(N2C(=O)[C@@H]3[C@H](C2=O)[C@H]2C=C[C@H]3C2)c1. The monoisotopic (exact) mass is 522 g/mol. The van der Waals surface area contributed by atoms with Crippen LogP contribution in [0.4, 0.5) is 11.4 Å². The molecule has 3 amide bonds. The Bertz CT molecular complexity index is 1210. The highest BCUT2D eigenvalue weighted by Gasteiger charge is 2.59. The van der Waals surface area contributed by atoms with E-state index in [0.717, 1.165) is 22.9 Å². The second-order valence-corrected chi connectivity index (χ2v) is 9.76. The van der Waals surface area contributed by atoms with Gasteiger partial charge in [-0.2, -0.15) is 0 Å². The summed E-state index contributed by atoms with van der Waals surface area (Å²) in [6.45, 7) is 1.53. The van der Waals surface area contributed by atoms with E-state index in [4.69, 9.17) is 4.74 Å². The number of ether oxygens (including phenoxy) is 1. The number of hydrogen-bond donors (Lipinski definition) is 1. The summed E-state index contributed by atoms with van der Waals surface area (Å²) in [7, 11) is 0. The van der Waals surface area contributed by atoms with E-state index in [0.29, 0.717) is 11.4 Å². The van der Waals surface area contributed by atoms with Crippen molar-refractivity contribution in [1.82, 2.24) is 0 Å². The standard InChI is InChI=1S/C26H23BrN2O5/c1-2-14-11-18(27)8-9-20(14)28-21(30)13-34-26(33)17-4-3-5-19(12-17)29-24(31)22-15-6-7-16(10-15)23(22)25(29)32/h3-9,11-12,15-16,22-23H,2,10,13H2,1H3,(H,28,30)/t15-,16-,22-,23+/m0/s1. The molecule has 174 valence electrons. The van der Waals surface area contributed by atoms with Gasteiger partial charge in [0, 0.05) is 10.2 Å². The Balaban J connectivity index is 1.24. The highest BCUT2D eigenvalue weighted by molar-refractivity contribution is 9.10. The van der Waals surface area contributed by atoms with Crippen LogP contribution in [0.3, 0.4) is 0 Å². The maximum atomic E-state index is 13.0. The number of carbonyl (C=O) groups excluding carboxylic acids is 4. The van der Waals surface area contributed by atoms with Gasteiger partial charge in [0.15, 0.2) is 6.61 Å². The molecule has 8 heteroatoms. The number of anilines is 2. The number of nitrogens with one attached hydrogen (secondary N) is 1. The molecule has 2 aromatic rings. The van der Waals surface area contributed by atoms with Crippen molar-refractivity contribution in [2.75, 3.05) is 16.8 Å². The van der Waals surface area contributed by atoms with E-state index >= 15 is 0 Å². The molecule has 1 aliphatic heterocycles. The van der Waals surface area contributed by atoms with Crippen LogP contribution in [0.5, 0.6) is 0 Å². The maximum Gasteiger partial charge on any atom is 0.338 e. The fourth-order valence-corrected chi connectivity index (χ4v) is 5.71. The summed E-state index contributed by atoms with van der Waals surface area (Å²) < 4.78 is 6.10. The average molecular weight is 523 g/mol. The molecule has 0 spiro atoms. The molecule has 2 aliphatic carbocycles. The predicted molar refractivity (Wildman–Crippen MR) is 129 cm³/mol. The first kappa shape index (κ1) is 22.5. The van der Waals surface area contributed by atoms with Gasteiger partial charge in [-0.15, -0.1) is 0 Å². The fourth-order valence-electron chi connectivity index (χ4n) is 5.31. The zero-order valence-corrected chi connectivity index (χ0v) is 20.1. The lowest BCUT2D eigenvalue weighted by molar-refractivity contribution is -0.123. The van der Waals surface area contributed by atoms with Crippen LogP contribution in [0.2, 0.25) is 0 Å². The topological polar surface area (TPSA) is 92.8 Å². The molecule has 0 unspecified atom stereocenters. The fraction of sp³-hybridized carbons (Fsp3) is 0.308. The Hall–Kier alpha value is -3.26. The number of allylic oxidation sites excluding steroid dienone is 2. The second-order valence-electron chi connectivity index (χ2n) is 8.84. The number of carbonyl (C=O) groups is 4. The Morgan fingerprint density at radius 1 is 1.06 bits per heavy atom. The number of rotatable bonds is 6. The van der Waals surface area contributed by atoms with Crippen LogP contribution in [0.15, 0.2) is 59.1 Å². The molecule has 3 aliphatic rings. The van der Waals surface area contributed by atoms with Gasteiger partial charge < -0.3 is 10.1 Å². The number of nitrogens with zero attached hydrogens (tertiary/aromatic N) is 1. The van der Waals surface area contributed by atoms with Crippen molar-refractivity contribution in [2.24, 2.45) is 23.7 Å². The lowest BCUT2D eigenvalue weighted by atomic mass is 9.85. The number of halogens is 1. The normalized spacial score (nSPS) is 24.5. The molecule has 1 saturated heterocycles. The summed E-state index contributed by atoms with van der Waals surface area (Å²) >= 11 is 3.41. The Kier molecular flexibility index (Phi) is 5.85. The first-order valence-corrected chi connectivity index (χ1v) is 12.1. The van der Waals surface area contributed by atoms with E-state index in [1.807, 2.05) is 31.2 Å². The van der Waals surface area contributed by atoms with Crippen LogP contribution in [-0.4, -0.2) is 30.3 Å². The summed E-state index contributed by atoms with van der Waals surface area (Å²) in [4.78, 5) is 52.2.